The Morgan fingerprint density at radius 1 is 0.972 bits per heavy atom. The van der Waals surface area contributed by atoms with Gasteiger partial charge in [-0.25, -0.2) is 4.39 Å². The quantitative estimate of drug-likeness (QED) is 0.137. The zero-order valence-corrected chi connectivity index (χ0v) is 22.8. The molecule has 2 rings (SSSR count). The second kappa shape index (κ2) is 14.0. The molecule has 11 heteroatoms. The Morgan fingerprint density at radius 2 is 1.64 bits per heavy atom. The molecular formula is C25H32FIN4O5. The molecule has 1 aliphatic heterocycles. The number of hydrogen-bond donors (Lipinski definition) is 3. The number of alkyl halides is 1. The number of imide groups is 1. The third-order valence-corrected chi connectivity index (χ3v) is 6.49. The van der Waals surface area contributed by atoms with Crippen LogP contribution in [0.2, 0.25) is 0 Å². The molecule has 0 fully saturated rings. The van der Waals surface area contributed by atoms with Crippen LogP contribution in [0.25, 0.3) is 0 Å². The highest BCUT2D eigenvalue weighted by molar-refractivity contribution is 14.1. The van der Waals surface area contributed by atoms with Crippen molar-refractivity contribution >= 4 is 57.8 Å². The second-order valence-corrected chi connectivity index (χ2v) is 9.68. The van der Waals surface area contributed by atoms with Gasteiger partial charge in [0.05, 0.1) is 0 Å². The van der Waals surface area contributed by atoms with Crippen LogP contribution in [-0.2, 0) is 28.4 Å². The fraction of sp³-hybridized carbons (Fsp3) is 0.480. The van der Waals surface area contributed by atoms with Crippen LogP contribution in [-0.4, -0.2) is 53.1 Å². The molecule has 1 aromatic rings. The van der Waals surface area contributed by atoms with Gasteiger partial charge < -0.3 is 16.0 Å². The first kappa shape index (κ1) is 29.4. The van der Waals surface area contributed by atoms with Gasteiger partial charge in [0.25, 0.3) is 11.8 Å². The topological polar surface area (TPSA) is 125 Å². The van der Waals surface area contributed by atoms with Crippen LogP contribution >= 0.6 is 22.6 Å². The number of carbonyl (C=O) groups is 5. The number of anilines is 1. The molecule has 9 nitrogen and oxygen atoms in total. The highest BCUT2D eigenvalue weighted by Gasteiger charge is 2.27. The second-order valence-electron chi connectivity index (χ2n) is 8.92. The molecule has 1 heterocycles. The predicted octanol–water partition coefficient (Wildman–Crippen LogP) is 2.83. The average molecular weight is 614 g/mol. The lowest BCUT2D eigenvalue weighted by Gasteiger charge is -2.24. The van der Waals surface area contributed by atoms with Gasteiger partial charge in [-0.1, -0.05) is 48.9 Å². The fourth-order valence-corrected chi connectivity index (χ4v) is 4.14. The number of halogens is 2. The van der Waals surface area contributed by atoms with Gasteiger partial charge in [-0.05, 0) is 43.4 Å². The van der Waals surface area contributed by atoms with E-state index in [4.69, 9.17) is 0 Å². The molecule has 0 spiro atoms. The minimum absolute atomic E-state index is 0.186. The number of rotatable bonds is 13. The van der Waals surface area contributed by atoms with Crippen molar-refractivity contribution in [2.24, 2.45) is 5.92 Å². The number of carbonyl (C=O) groups excluding carboxylic acids is 5. The van der Waals surface area contributed by atoms with Crippen molar-refractivity contribution in [2.45, 2.75) is 63.0 Å². The van der Waals surface area contributed by atoms with Gasteiger partial charge in [0.15, 0.2) is 0 Å². The van der Waals surface area contributed by atoms with Crippen LogP contribution in [0.1, 0.15) is 52.0 Å². The normalized spacial score (nSPS) is 14.7. The number of amides is 5. The van der Waals surface area contributed by atoms with Gasteiger partial charge in [-0.15, -0.1) is 0 Å². The molecule has 0 saturated heterocycles. The molecule has 2 atom stereocenters. The van der Waals surface area contributed by atoms with E-state index < -0.39 is 29.7 Å². The van der Waals surface area contributed by atoms with E-state index in [-0.39, 0.29) is 35.7 Å². The lowest BCUT2D eigenvalue weighted by molar-refractivity contribution is -0.137. The minimum Gasteiger partial charge on any atom is -0.344 e. The highest BCUT2D eigenvalue weighted by Crippen LogP contribution is 2.17. The van der Waals surface area contributed by atoms with Crippen LogP contribution < -0.4 is 16.0 Å². The minimum atomic E-state index is -0.909. The maximum absolute atomic E-state index is 14.0. The van der Waals surface area contributed by atoms with Gasteiger partial charge in [-0.2, -0.15) is 0 Å². The summed E-state index contributed by atoms with van der Waals surface area (Å²) in [4.78, 5) is 61.9. The van der Waals surface area contributed by atoms with Crippen molar-refractivity contribution < 1.29 is 28.4 Å². The SMILES string of the molecule is CC(C)[C@H](NC(=O)CCCCCN1C(=O)C=CC1=O)C(=O)N[C@@H](C)C(=O)Nc1ccc(CI)c(F)c1. The summed E-state index contributed by atoms with van der Waals surface area (Å²) in [5, 5.41) is 7.90. The fourth-order valence-electron chi connectivity index (χ4n) is 3.52. The molecule has 0 bridgehead atoms. The van der Waals surface area contributed by atoms with Gasteiger partial charge in [0.2, 0.25) is 17.7 Å². The molecule has 3 N–H and O–H groups in total. The van der Waals surface area contributed by atoms with Crippen molar-refractivity contribution in [1.29, 1.82) is 0 Å². The Morgan fingerprint density at radius 3 is 2.22 bits per heavy atom. The predicted molar refractivity (Wildman–Crippen MR) is 141 cm³/mol. The van der Waals surface area contributed by atoms with Crippen LogP contribution in [0.15, 0.2) is 30.4 Å². The molecule has 0 saturated carbocycles. The van der Waals surface area contributed by atoms with Crippen LogP contribution in [0, 0.1) is 11.7 Å². The first-order chi connectivity index (χ1) is 17.0. The van der Waals surface area contributed by atoms with E-state index in [2.05, 4.69) is 16.0 Å². The van der Waals surface area contributed by atoms with Crippen LogP contribution in [0.5, 0.6) is 0 Å². The number of benzene rings is 1. The molecule has 36 heavy (non-hydrogen) atoms. The van der Waals surface area contributed by atoms with E-state index in [1.165, 1.54) is 25.1 Å². The summed E-state index contributed by atoms with van der Waals surface area (Å²) in [6.07, 6.45) is 4.41. The maximum atomic E-state index is 14.0. The smallest absolute Gasteiger partial charge is 0.253 e. The summed E-state index contributed by atoms with van der Waals surface area (Å²) < 4.78 is 14.5. The summed E-state index contributed by atoms with van der Waals surface area (Å²) in [5.41, 5.74) is 0.815. The van der Waals surface area contributed by atoms with E-state index in [1.807, 2.05) is 22.6 Å². The van der Waals surface area contributed by atoms with Crippen molar-refractivity contribution in [3.8, 4) is 0 Å². The summed E-state index contributed by atoms with van der Waals surface area (Å²) in [5.74, 6) is -2.60. The number of nitrogens with one attached hydrogen (secondary N) is 3. The Balaban J connectivity index is 1.78. The molecule has 0 aromatic heterocycles. The summed E-state index contributed by atoms with van der Waals surface area (Å²) in [6, 6.07) is 2.67. The van der Waals surface area contributed by atoms with Crippen molar-refractivity contribution in [3.05, 3.63) is 41.7 Å². The molecule has 1 aromatic carbocycles. The van der Waals surface area contributed by atoms with E-state index in [9.17, 15) is 28.4 Å². The molecule has 5 amide bonds. The van der Waals surface area contributed by atoms with Gasteiger partial charge in [0.1, 0.15) is 17.9 Å². The highest BCUT2D eigenvalue weighted by atomic mass is 127. The van der Waals surface area contributed by atoms with Crippen molar-refractivity contribution in [1.82, 2.24) is 15.5 Å². The maximum Gasteiger partial charge on any atom is 0.253 e. The first-order valence-corrected chi connectivity index (χ1v) is 13.3. The zero-order valence-electron chi connectivity index (χ0n) is 20.6. The lowest BCUT2D eigenvalue weighted by atomic mass is 10.0. The summed E-state index contributed by atoms with van der Waals surface area (Å²) >= 11 is 2.05. The van der Waals surface area contributed by atoms with Gasteiger partial charge >= 0.3 is 0 Å². The first-order valence-electron chi connectivity index (χ1n) is 11.8. The van der Waals surface area contributed by atoms with Gasteiger partial charge in [0, 0.05) is 35.2 Å². The monoisotopic (exact) mass is 614 g/mol. The number of hydrogen-bond acceptors (Lipinski definition) is 5. The molecule has 0 radical (unpaired) electrons. The van der Waals surface area contributed by atoms with E-state index in [1.54, 1.807) is 26.0 Å². The number of unbranched alkanes of at least 4 members (excludes halogenated alkanes) is 2. The molecule has 196 valence electrons. The molecule has 0 unspecified atom stereocenters. The Labute approximate surface area is 223 Å². The largest absolute Gasteiger partial charge is 0.344 e. The molecule has 1 aliphatic rings. The summed E-state index contributed by atoms with van der Waals surface area (Å²) in [6.45, 7) is 5.38. The standard InChI is InChI=1S/C25H32FIN4O5/c1-15(2)23(30-20(32)7-5-4-6-12-31-21(33)10-11-22(31)34)25(36)28-16(3)24(35)29-18-9-8-17(14-27)19(26)13-18/h8-11,13,15-16,23H,4-7,12,14H2,1-3H3,(H,28,36)(H,29,35)(H,30,32)/t16-,23-/m0/s1. The molecular weight excluding hydrogens is 582 g/mol. The Kier molecular flexibility index (Phi) is 11.5. The lowest BCUT2D eigenvalue weighted by Crippen LogP contribution is -2.53. The third-order valence-electron chi connectivity index (χ3n) is 5.67. The Bertz CT molecular complexity index is 1010. The number of nitrogens with zero attached hydrogens (tertiary/aromatic N) is 1. The van der Waals surface area contributed by atoms with Crippen LogP contribution in [0.4, 0.5) is 10.1 Å². The summed E-state index contributed by atoms with van der Waals surface area (Å²) in [7, 11) is 0. The molecule has 0 aliphatic carbocycles. The third kappa shape index (κ3) is 8.68. The van der Waals surface area contributed by atoms with E-state index in [0.29, 0.717) is 35.8 Å². The van der Waals surface area contributed by atoms with E-state index >= 15 is 0 Å². The van der Waals surface area contributed by atoms with Crippen LogP contribution in [0.3, 0.4) is 0 Å². The van der Waals surface area contributed by atoms with E-state index in [0.717, 1.165) is 4.90 Å². The van der Waals surface area contributed by atoms with Crippen molar-refractivity contribution in [2.75, 3.05) is 11.9 Å². The zero-order chi connectivity index (χ0) is 26.8. The average Bonchev–Trinajstić information content (AvgIpc) is 3.14. The Hall–Kier alpha value is -2.83. The van der Waals surface area contributed by atoms with Crippen molar-refractivity contribution in [3.63, 3.8) is 0 Å². The van der Waals surface area contributed by atoms with Gasteiger partial charge in [-0.3, -0.25) is 28.9 Å².